The second kappa shape index (κ2) is 5.81. The zero-order valence-corrected chi connectivity index (χ0v) is 13.2. The average molecular weight is 330 g/mol. The SMILES string of the molecule is CCCCS(=O)(=O)Nc1ccc2nnc3c(C#N)cnn3c2c1. The third-order valence-corrected chi connectivity index (χ3v) is 4.73. The highest BCUT2D eigenvalue weighted by Gasteiger charge is 2.13. The topological polar surface area (TPSA) is 113 Å². The van der Waals surface area contributed by atoms with E-state index in [9.17, 15) is 8.42 Å². The van der Waals surface area contributed by atoms with Gasteiger partial charge in [-0.25, -0.2) is 12.9 Å². The molecule has 118 valence electrons. The molecule has 0 fully saturated rings. The van der Waals surface area contributed by atoms with Crippen LogP contribution >= 0.6 is 0 Å². The predicted molar refractivity (Wildman–Crippen MR) is 85.3 cm³/mol. The number of nitriles is 1. The fourth-order valence-corrected chi connectivity index (χ4v) is 3.46. The third kappa shape index (κ3) is 2.93. The lowest BCUT2D eigenvalue weighted by atomic mass is 10.3. The predicted octanol–water partition coefficient (Wildman–Crippen LogP) is 1.69. The zero-order valence-electron chi connectivity index (χ0n) is 12.4. The van der Waals surface area contributed by atoms with Gasteiger partial charge in [-0.2, -0.15) is 10.4 Å². The number of fused-ring (bicyclic) bond motifs is 3. The van der Waals surface area contributed by atoms with Gasteiger partial charge in [0, 0.05) is 0 Å². The summed E-state index contributed by atoms with van der Waals surface area (Å²) in [5.41, 5.74) is 2.21. The first-order valence-corrected chi connectivity index (χ1v) is 8.74. The van der Waals surface area contributed by atoms with Gasteiger partial charge in [0.05, 0.1) is 23.2 Å². The number of benzene rings is 1. The van der Waals surface area contributed by atoms with E-state index in [1.807, 2.05) is 13.0 Å². The van der Waals surface area contributed by atoms with Crippen molar-refractivity contribution in [2.24, 2.45) is 0 Å². The molecule has 2 aromatic heterocycles. The summed E-state index contributed by atoms with van der Waals surface area (Å²) in [5, 5.41) is 21.2. The van der Waals surface area contributed by atoms with E-state index in [0.29, 0.717) is 34.4 Å². The molecule has 0 bridgehead atoms. The van der Waals surface area contributed by atoms with Gasteiger partial charge in [-0.1, -0.05) is 13.3 Å². The second-order valence-corrected chi connectivity index (χ2v) is 6.93. The van der Waals surface area contributed by atoms with Crippen molar-refractivity contribution in [3.8, 4) is 6.07 Å². The molecule has 0 spiro atoms. The molecule has 23 heavy (non-hydrogen) atoms. The number of anilines is 1. The summed E-state index contributed by atoms with van der Waals surface area (Å²) in [6.45, 7) is 1.94. The molecule has 2 heterocycles. The van der Waals surface area contributed by atoms with E-state index in [1.54, 1.807) is 18.2 Å². The molecule has 0 atom stereocenters. The van der Waals surface area contributed by atoms with E-state index >= 15 is 0 Å². The highest BCUT2D eigenvalue weighted by Crippen LogP contribution is 2.20. The largest absolute Gasteiger partial charge is 0.283 e. The van der Waals surface area contributed by atoms with Gasteiger partial charge in [0.1, 0.15) is 17.1 Å². The van der Waals surface area contributed by atoms with Gasteiger partial charge < -0.3 is 0 Å². The lowest BCUT2D eigenvalue weighted by molar-refractivity contribution is 0.598. The van der Waals surface area contributed by atoms with Crippen LogP contribution in [0.4, 0.5) is 5.69 Å². The highest BCUT2D eigenvalue weighted by molar-refractivity contribution is 7.92. The van der Waals surface area contributed by atoms with Crippen molar-refractivity contribution in [3.63, 3.8) is 0 Å². The molecule has 9 heteroatoms. The zero-order chi connectivity index (χ0) is 16.4. The maximum absolute atomic E-state index is 12.0. The van der Waals surface area contributed by atoms with E-state index in [-0.39, 0.29) is 5.75 Å². The maximum atomic E-state index is 12.0. The molecule has 1 aromatic carbocycles. The van der Waals surface area contributed by atoms with Crippen LogP contribution in [0.2, 0.25) is 0 Å². The number of hydrogen-bond acceptors (Lipinski definition) is 6. The van der Waals surface area contributed by atoms with Gasteiger partial charge in [0.2, 0.25) is 10.0 Å². The van der Waals surface area contributed by atoms with Gasteiger partial charge in [0.15, 0.2) is 5.65 Å². The minimum atomic E-state index is -3.39. The quantitative estimate of drug-likeness (QED) is 0.761. The number of rotatable bonds is 5. The monoisotopic (exact) mass is 330 g/mol. The van der Waals surface area contributed by atoms with Gasteiger partial charge in [-0.05, 0) is 24.6 Å². The smallest absolute Gasteiger partial charge is 0.232 e. The van der Waals surface area contributed by atoms with E-state index in [0.717, 1.165) is 6.42 Å². The summed E-state index contributed by atoms with van der Waals surface area (Å²) < 4.78 is 28.0. The fraction of sp³-hybridized carbons (Fsp3) is 0.286. The molecule has 0 aliphatic rings. The van der Waals surface area contributed by atoms with E-state index in [2.05, 4.69) is 20.0 Å². The Kier molecular flexibility index (Phi) is 3.83. The molecular weight excluding hydrogens is 316 g/mol. The minimum Gasteiger partial charge on any atom is -0.283 e. The van der Waals surface area contributed by atoms with Crippen LogP contribution in [0.25, 0.3) is 16.7 Å². The standard InChI is InChI=1S/C14H14N6O2S/c1-2-3-6-23(21,22)19-11-4-5-12-13(7-11)20-14(18-17-12)10(8-15)9-16-20/h4-5,7,9,19H,2-3,6H2,1H3. The molecule has 3 rings (SSSR count). The molecule has 0 aliphatic carbocycles. The van der Waals surface area contributed by atoms with Crippen LogP contribution < -0.4 is 4.72 Å². The van der Waals surface area contributed by atoms with Crippen LogP contribution in [0.15, 0.2) is 24.4 Å². The molecule has 0 unspecified atom stereocenters. The number of unbranched alkanes of at least 4 members (excludes halogenated alkanes) is 1. The summed E-state index contributed by atoms with van der Waals surface area (Å²) in [6, 6.07) is 6.91. The van der Waals surface area contributed by atoms with E-state index in [4.69, 9.17) is 5.26 Å². The van der Waals surface area contributed by atoms with Gasteiger partial charge in [-0.3, -0.25) is 4.72 Å². The first-order chi connectivity index (χ1) is 11.0. The Labute approximate surface area is 132 Å². The van der Waals surface area contributed by atoms with Crippen LogP contribution in [0, 0.1) is 11.3 Å². The van der Waals surface area contributed by atoms with Gasteiger partial charge in [-0.15, -0.1) is 10.2 Å². The van der Waals surface area contributed by atoms with Crippen molar-refractivity contribution in [2.75, 3.05) is 10.5 Å². The second-order valence-electron chi connectivity index (χ2n) is 5.08. The van der Waals surface area contributed by atoms with Gasteiger partial charge in [0.25, 0.3) is 0 Å². The van der Waals surface area contributed by atoms with Crippen LogP contribution in [-0.2, 0) is 10.0 Å². The lowest BCUT2D eigenvalue weighted by Gasteiger charge is -2.08. The van der Waals surface area contributed by atoms with Crippen molar-refractivity contribution in [1.29, 1.82) is 5.26 Å². The molecule has 8 nitrogen and oxygen atoms in total. The normalized spacial score (nSPS) is 11.7. The molecule has 0 radical (unpaired) electrons. The van der Waals surface area contributed by atoms with E-state index in [1.165, 1.54) is 10.7 Å². The molecule has 0 saturated heterocycles. The Balaban J connectivity index is 2.06. The van der Waals surface area contributed by atoms with E-state index < -0.39 is 10.0 Å². The third-order valence-electron chi connectivity index (χ3n) is 3.36. The average Bonchev–Trinajstić information content (AvgIpc) is 2.96. The molecule has 3 aromatic rings. The Hall–Kier alpha value is -2.73. The maximum Gasteiger partial charge on any atom is 0.232 e. The van der Waals surface area contributed by atoms with Crippen LogP contribution in [-0.4, -0.2) is 34.0 Å². The summed E-state index contributed by atoms with van der Waals surface area (Å²) in [4.78, 5) is 0. The number of sulfonamides is 1. The fourth-order valence-electron chi connectivity index (χ4n) is 2.20. The Morgan fingerprint density at radius 1 is 1.35 bits per heavy atom. The van der Waals surface area contributed by atoms with Crippen molar-refractivity contribution < 1.29 is 8.42 Å². The van der Waals surface area contributed by atoms with Crippen LogP contribution in [0.3, 0.4) is 0 Å². The van der Waals surface area contributed by atoms with Crippen molar-refractivity contribution >= 4 is 32.4 Å². The van der Waals surface area contributed by atoms with Crippen molar-refractivity contribution in [2.45, 2.75) is 19.8 Å². The summed E-state index contributed by atoms with van der Waals surface area (Å²) in [5.74, 6) is 0.0753. The molecule has 0 saturated carbocycles. The Morgan fingerprint density at radius 3 is 2.91 bits per heavy atom. The number of nitrogens with zero attached hydrogens (tertiary/aromatic N) is 5. The molecule has 0 amide bonds. The lowest BCUT2D eigenvalue weighted by Crippen LogP contribution is -2.16. The Morgan fingerprint density at radius 2 is 2.17 bits per heavy atom. The summed E-state index contributed by atoms with van der Waals surface area (Å²) in [7, 11) is -3.39. The molecule has 0 aliphatic heterocycles. The van der Waals surface area contributed by atoms with Crippen molar-refractivity contribution in [1.82, 2.24) is 19.8 Å². The molecular formula is C14H14N6O2S. The van der Waals surface area contributed by atoms with Crippen LogP contribution in [0.5, 0.6) is 0 Å². The first kappa shape index (κ1) is 15.2. The van der Waals surface area contributed by atoms with Crippen molar-refractivity contribution in [3.05, 3.63) is 30.0 Å². The van der Waals surface area contributed by atoms with Gasteiger partial charge >= 0.3 is 0 Å². The van der Waals surface area contributed by atoms with Crippen LogP contribution in [0.1, 0.15) is 25.3 Å². The summed E-state index contributed by atoms with van der Waals surface area (Å²) >= 11 is 0. The number of hydrogen-bond donors (Lipinski definition) is 1. The number of aromatic nitrogens is 4. The highest BCUT2D eigenvalue weighted by atomic mass is 32.2. The Bertz CT molecular complexity index is 1020. The minimum absolute atomic E-state index is 0.0753. The number of nitrogens with one attached hydrogen (secondary N) is 1. The summed E-state index contributed by atoms with van der Waals surface area (Å²) in [6.07, 6.45) is 2.81. The first-order valence-electron chi connectivity index (χ1n) is 7.09. The molecule has 1 N–H and O–H groups in total.